The third-order valence-corrected chi connectivity index (χ3v) is 6.04. The van der Waals surface area contributed by atoms with E-state index >= 15 is 0 Å². The van der Waals surface area contributed by atoms with Crippen molar-refractivity contribution in [3.8, 4) is 10.6 Å². The van der Waals surface area contributed by atoms with Gasteiger partial charge in [0.05, 0.1) is 15.8 Å². The van der Waals surface area contributed by atoms with Crippen molar-refractivity contribution < 1.29 is 14.1 Å². The highest BCUT2D eigenvalue weighted by Crippen LogP contribution is 2.31. The molecule has 1 unspecified atom stereocenters. The maximum Gasteiger partial charge on any atom is 0.276 e. The van der Waals surface area contributed by atoms with Crippen LogP contribution in [0.3, 0.4) is 0 Å². The number of nitrogens with zero attached hydrogens (tertiary/aromatic N) is 3. The third kappa shape index (κ3) is 4.29. The second kappa shape index (κ2) is 8.60. The molecule has 2 saturated heterocycles. The zero-order chi connectivity index (χ0) is 18.1. The van der Waals surface area contributed by atoms with Crippen LogP contribution in [0.25, 0.3) is 10.6 Å². The van der Waals surface area contributed by atoms with E-state index in [1.807, 2.05) is 11.0 Å². The zero-order valence-corrected chi connectivity index (χ0v) is 16.9. The third-order valence-electron chi connectivity index (χ3n) is 4.80. The monoisotopic (exact) mass is 430 g/mol. The van der Waals surface area contributed by atoms with Crippen molar-refractivity contribution in [3.63, 3.8) is 0 Å². The molecule has 4 rings (SSSR count). The minimum atomic E-state index is -0.157. The van der Waals surface area contributed by atoms with E-state index in [9.17, 15) is 9.59 Å². The molecule has 4 heterocycles. The molecule has 2 aliphatic rings. The standard InChI is InChI=1S/C17H19ClN4O3S.ClH/c18-15-4-3-14(26-15)13-8-12(20-25-13)17(24)21-6-1-2-11(10-21)22-7-5-19-9-16(22)23;/h3-4,8,11,19H,1-2,5-7,9-10H2;1H. The largest absolute Gasteiger partial charge is 0.355 e. The summed E-state index contributed by atoms with van der Waals surface area (Å²) in [7, 11) is 0. The van der Waals surface area contributed by atoms with Gasteiger partial charge in [0.2, 0.25) is 5.91 Å². The van der Waals surface area contributed by atoms with Gasteiger partial charge in [-0.1, -0.05) is 16.8 Å². The number of piperidine rings is 1. The van der Waals surface area contributed by atoms with Crippen molar-refractivity contribution >= 4 is 47.2 Å². The van der Waals surface area contributed by atoms with Crippen molar-refractivity contribution in [1.82, 2.24) is 20.3 Å². The van der Waals surface area contributed by atoms with Gasteiger partial charge in [0.25, 0.3) is 5.91 Å². The zero-order valence-electron chi connectivity index (χ0n) is 14.5. The van der Waals surface area contributed by atoms with Gasteiger partial charge in [0, 0.05) is 38.3 Å². The van der Waals surface area contributed by atoms with Gasteiger partial charge in [-0.15, -0.1) is 23.7 Å². The number of hydrogen-bond donors (Lipinski definition) is 1. The van der Waals surface area contributed by atoms with E-state index in [0.717, 1.165) is 24.3 Å². The van der Waals surface area contributed by atoms with Gasteiger partial charge < -0.3 is 19.6 Å². The molecule has 10 heteroatoms. The minimum absolute atomic E-state index is 0. The molecular formula is C17H20Cl2N4O3S. The SMILES string of the molecule is Cl.O=C(c1cc(-c2ccc(Cl)s2)on1)N1CCCC(N2CCNCC2=O)C1. The van der Waals surface area contributed by atoms with E-state index in [2.05, 4.69) is 10.5 Å². The lowest BCUT2D eigenvalue weighted by Gasteiger charge is -2.40. The molecule has 146 valence electrons. The second-order valence-electron chi connectivity index (χ2n) is 6.49. The van der Waals surface area contributed by atoms with Crippen LogP contribution in [0.5, 0.6) is 0 Å². The average Bonchev–Trinajstić information content (AvgIpc) is 3.30. The molecule has 0 aliphatic carbocycles. The van der Waals surface area contributed by atoms with Gasteiger partial charge in [-0.3, -0.25) is 9.59 Å². The van der Waals surface area contributed by atoms with E-state index in [1.165, 1.54) is 11.3 Å². The predicted molar refractivity (Wildman–Crippen MR) is 106 cm³/mol. The second-order valence-corrected chi connectivity index (χ2v) is 8.21. The highest BCUT2D eigenvalue weighted by Gasteiger charge is 2.32. The molecule has 0 saturated carbocycles. The van der Waals surface area contributed by atoms with Crippen LogP contribution in [0.4, 0.5) is 0 Å². The highest BCUT2D eigenvalue weighted by molar-refractivity contribution is 7.19. The number of piperazine rings is 1. The number of hydrogen-bond acceptors (Lipinski definition) is 6. The molecule has 27 heavy (non-hydrogen) atoms. The Balaban J connectivity index is 0.00000210. The predicted octanol–water partition coefficient (Wildman–Crippen LogP) is 2.51. The van der Waals surface area contributed by atoms with E-state index in [-0.39, 0.29) is 36.0 Å². The fraction of sp³-hybridized carbons (Fsp3) is 0.471. The molecular weight excluding hydrogens is 411 g/mol. The summed E-state index contributed by atoms with van der Waals surface area (Å²) < 4.78 is 5.97. The molecule has 2 amide bonds. The maximum atomic E-state index is 12.8. The quantitative estimate of drug-likeness (QED) is 0.808. The lowest BCUT2D eigenvalue weighted by molar-refractivity contribution is -0.135. The van der Waals surface area contributed by atoms with E-state index in [4.69, 9.17) is 16.1 Å². The van der Waals surface area contributed by atoms with Crippen molar-refractivity contribution in [2.45, 2.75) is 18.9 Å². The van der Waals surface area contributed by atoms with Crippen molar-refractivity contribution in [2.24, 2.45) is 0 Å². The molecule has 1 N–H and O–H groups in total. The number of amides is 2. The Bertz CT molecular complexity index is 825. The summed E-state index contributed by atoms with van der Waals surface area (Å²) >= 11 is 7.33. The minimum Gasteiger partial charge on any atom is -0.355 e. The number of carbonyl (C=O) groups is 2. The number of rotatable bonds is 3. The summed E-state index contributed by atoms with van der Waals surface area (Å²) in [5, 5.41) is 7.02. The molecule has 2 aromatic rings. The van der Waals surface area contributed by atoms with Crippen LogP contribution in [-0.4, -0.2) is 65.5 Å². The topological polar surface area (TPSA) is 78.7 Å². The van der Waals surface area contributed by atoms with Crippen LogP contribution in [0.2, 0.25) is 4.34 Å². The summed E-state index contributed by atoms with van der Waals surface area (Å²) in [6.07, 6.45) is 1.80. The maximum absolute atomic E-state index is 12.8. The van der Waals surface area contributed by atoms with Gasteiger partial charge in [-0.05, 0) is 25.0 Å². The van der Waals surface area contributed by atoms with Gasteiger partial charge >= 0.3 is 0 Å². The number of nitrogens with one attached hydrogen (secondary N) is 1. The summed E-state index contributed by atoms with van der Waals surface area (Å²) in [6, 6.07) is 5.36. The van der Waals surface area contributed by atoms with Gasteiger partial charge in [0.15, 0.2) is 11.5 Å². The summed E-state index contributed by atoms with van der Waals surface area (Å²) in [5.74, 6) is 0.486. The van der Waals surface area contributed by atoms with E-state index < -0.39 is 0 Å². The summed E-state index contributed by atoms with van der Waals surface area (Å²) in [4.78, 5) is 29.5. The Labute approximate surface area is 172 Å². The van der Waals surface area contributed by atoms with Crippen molar-refractivity contribution in [1.29, 1.82) is 0 Å². The molecule has 2 fully saturated rings. The number of thiophene rings is 1. The van der Waals surface area contributed by atoms with Crippen molar-refractivity contribution in [3.05, 3.63) is 28.2 Å². The van der Waals surface area contributed by atoms with Gasteiger partial charge in [0.1, 0.15) is 0 Å². The van der Waals surface area contributed by atoms with E-state index in [0.29, 0.717) is 36.3 Å². The highest BCUT2D eigenvalue weighted by atomic mass is 35.5. The number of carbonyl (C=O) groups excluding carboxylic acids is 2. The average molecular weight is 431 g/mol. The fourth-order valence-electron chi connectivity index (χ4n) is 3.50. The Hall–Kier alpha value is -1.61. The molecule has 0 radical (unpaired) electrons. The Kier molecular flexibility index (Phi) is 6.41. The van der Waals surface area contributed by atoms with Gasteiger partial charge in [-0.2, -0.15) is 0 Å². The lowest BCUT2D eigenvalue weighted by Crippen LogP contribution is -2.57. The Morgan fingerprint density at radius 3 is 2.96 bits per heavy atom. The van der Waals surface area contributed by atoms with Crippen LogP contribution in [0, 0.1) is 0 Å². The molecule has 2 aromatic heterocycles. The van der Waals surface area contributed by atoms with E-state index in [1.54, 1.807) is 17.0 Å². The van der Waals surface area contributed by atoms with Crippen LogP contribution >= 0.6 is 35.3 Å². The number of halogens is 2. The van der Waals surface area contributed by atoms with Crippen LogP contribution < -0.4 is 5.32 Å². The van der Waals surface area contributed by atoms with Crippen molar-refractivity contribution in [2.75, 3.05) is 32.7 Å². The van der Waals surface area contributed by atoms with Gasteiger partial charge in [-0.25, -0.2) is 0 Å². The molecule has 1 atom stereocenters. The summed E-state index contributed by atoms with van der Waals surface area (Å²) in [5.41, 5.74) is 0.289. The normalized spacial score (nSPS) is 20.5. The Morgan fingerprint density at radius 2 is 2.22 bits per heavy atom. The smallest absolute Gasteiger partial charge is 0.276 e. The van der Waals surface area contributed by atoms with Crippen LogP contribution in [-0.2, 0) is 4.79 Å². The van der Waals surface area contributed by atoms with Crippen LogP contribution in [0.1, 0.15) is 23.3 Å². The molecule has 2 aliphatic heterocycles. The fourth-order valence-corrected chi connectivity index (χ4v) is 4.49. The molecule has 0 spiro atoms. The first-order chi connectivity index (χ1) is 12.6. The number of aromatic nitrogens is 1. The Morgan fingerprint density at radius 1 is 1.37 bits per heavy atom. The molecule has 0 bridgehead atoms. The van der Waals surface area contributed by atoms with Crippen LogP contribution in [0.15, 0.2) is 22.7 Å². The first kappa shape index (κ1) is 20.1. The summed E-state index contributed by atoms with van der Waals surface area (Å²) in [6.45, 7) is 3.08. The molecule has 7 nitrogen and oxygen atoms in total. The molecule has 0 aromatic carbocycles. The first-order valence-electron chi connectivity index (χ1n) is 8.64. The number of likely N-dealkylation sites (tertiary alicyclic amines) is 1. The lowest BCUT2D eigenvalue weighted by atomic mass is 10.0. The first-order valence-corrected chi connectivity index (χ1v) is 9.83.